The first kappa shape index (κ1) is 32.9. The first-order chi connectivity index (χ1) is 28.1. The third-order valence-corrected chi connectivity index (χ3v) is 11.2. The zero-order valence-corrected chi connectivity index (χ0v) is 31.3. The topological polar surface area (TPSA) is 45.5 Å². The smallest absolute Gasteiger partial charge is 0.145 e. The van der Waals surface area contributed by atoms with Crippen molar-refractivity contribution in [3.63, 3.8) is 0 Å². The number of amidine groups is 1. The van der Waals surface area contributed by atoms with Gasteiger partial charge in [-0.1, -0.05) is 139 Å². The van der Waals surface area contributed by atoms with Crippen LogP contribution in [0.3, 0.4) is 0 Å². The number of imidazole rings is 1. The standard InChI is InChI=1S/C52H37N5/c1-34-19-21-35(22-20-34)40-31-41(36-23-27-38(28-24-36)50-54-46-15-7-9-17-48(46)56(50)43-11-3-2-4-12-43)33-42(32-40)37-25-29-39(30-26-37)51-53-45-14-6-5-13-44(45)52-55-47-16-8-10-18-49(47)57(51)52/h2-33,52,55H,1H3. The Balaban J connectivity index is 0.983. The summed E-state index contributed by atoms with van der Waals surface area (Å²) in [6, 6.07) is 69.2. The Morgan fingerprint density at radius 1 is 0.491 bits per heavy atom. The number of aryl methyl sites for hydroxylation is 1. The van der Waals surface area contributed by atoms with Gasteiger partial charge >= 0.3 is 0 Å². The van der Waals surface area contributed by atoms with Crippen LogP contribution in [0.5, 0.6) is 0 Å². The van der Waals surface area contributed by atoms with Crippen LogP contribution in [0.1, 0.15) is 22.9 Å². The van der Waals surface area contributed by atoms with Gasteiger partial charge in [0.1, 0.15) is 17.8 Å². The van der Waals surface area contributed by atoms with Gasteiger partial charge in [-0.15, -0.1) is 0 Å². The molecule has 5 heteroatoms. The molecule has 1 atom stereocenters. The molecular weight excluding hydrogens is 695 g/mol. The van der Waals surface area contributed by atoms with Crippen molar-refractivity contribution in [3.8, 4) is 50.5 Å². The molecule has 5 nitrogen and oxygen atoms in total. The molecule has 9 aromatic rings. The van der Waals surface area contributed by atoms with Crippen LogP contribution >= 0.6 is 0 Å². The Morgan fingerprint density at radius 3 is 1.77 bits per heavy atom. The normalized spacial score (nSPS) is 14.1. The summed E-state index contributed by atoms with van der Waals surface area (Å²) in [4.78, 5) is 12.7. The molecule has 0 saturated carbocycles. The van der Waals surface area contributed by atoms with Crippen LogP contribution in [0.25, 0.3) is 61.5 Å². The molecule has 2 aliphatic rings. The van der Waals surface area contributed by atoms with Crippen LogP contribution in [0, 0.1) is 6.92 Å². The second-order valence-corrected chi connectivity index (χ2v) is 14.8. The van der Waals surface area contributed by atoms with Crippen molar-refractivity contribution in [1.29, 1.82) is 0 Å². The molecule has 8 aromatic carbocycles. The Morgan fingerprint density at radius 2 is 1.05 bits per heavy atom. The molecule has 0 bridgehead atoms. The van der Waals surface area contributed by atoms with Crippen LogP contribution in [-0.4, -0.2) is 15.4 Å². The Bertz CT molecular complexity index is 2980. The number of hydrogen-bond acceptors (Lipinski definition) is 4. The third kappa shape index (κ3) is 5.71. The molecule has 0 saturated heterocycles. The van der Waals surface area contributed by atoms with Crippen molar-refractivity contribution in [2.45, 2.75) is 13.1 Å². The van der Waals surface area contributed by atoms with E-state index in [0.717, 1.165) is 78.8 Å². The van der Waals surface area contributed by atoms with Gasteiger partial charge in [0.2, 0.25) is 0 Å². The minimum Gasteiger partial charge on any atom is -0.359 e. The van der Waals surface area contributed by atoms with Crippen molar-refractivity contribution >= 4 is 33.9 Å². The maximum Gasteiger partial charge on any atom is 0.145 e. The maximum atomic E-state index is 5.23. The molecule has 0 radical (unpaired) electrons. The van der Waals surface area contributed by atoms with E-state index < -0.39 is 0 Å². The molecule has 0 amide bonds. The van der Waals surface area contributed by atoms with Crippen LogP contribution in [0.2, 0.25) is 0 Å². The number of fused-ring (bicyclic) bond motifs is 6. The highest BCUT2D eigenvalue weighted by Gasteiger charge is 2.37. The summed E-state index contributed by atoms with van der Waals surface area (Å²) in [7, 11) is 0. The Hall–Kier alpha value is -7.50. The van der Waals surface area contributed by atoms with Gasteiger partial charge in [0.15, 0.2) is 0 Å². The summed E-state index contributed by atoms with van der Waals surface area (Å²) < 4.78 is 2.25. The summed E-state index contributed by atoms with van der Waals surface area (Å²) in [5.74, 6) is 1.87. The number of para-hydroxylation sites is 6. The number of aliphatic imine (C=N–C) groups is 1. The lowest BCUT2D eigenvalue weighted by Crippen LogP contribution is -2.37. The van der Waals surface area contributed by atoms with Crippen molar-refractivity contribution in [2.24, 2.45) is 4.99 Å². The number of hydrogen-bond donors (Lipinski definition) is 1. The van der Waals surface area contributed by atoms with E-state index in [1.54, 1.807) is 0 Å². The van der Waals surface area contributed by atoms with Gasteiger partial charge in [-0.3, -0.25) is 9.47 Å². The molecule has 270 valence electrons. The number of anilines is 2. The number of rotatable bonds is 6. The van der Waals surface area contributed by atoms with E-state index in [1.807, 2.05) is 6.07 Å². The Labute approximate surface area is 331 Å². The zero-order valence-electron chi connectivity index (χ0n) is 31.3. The number of benzene rings is 8. The molecule has 1 aromatic heterocycles. The molecule has 57 heavy (non-hydrogen) atoms. The predicted molar refractivity (Wildman–Crippen MR) is 235 cm³/mol. The van der Waals surface area contributed by atoms with Gasteiger partial charge in [0.25, 0.3) is 0 Å². The van der Waals surface area contributed by atoms with E-state index in [4.69, 9.17) is 9.98 Å². The molecule has 1 N–H and O–H groups in total. The molecule has 1 unspecified atom stereocenters. The lowest BCUT2D eigenvalue weighted by molar-refractivity contribution is 0.832. The van der Waals surface area contributed by atoms with Crippen LogP contribution in [0.4, 0.5) is 17.1 Å². The van der Waals surface area contributed by atoms with E-state index in [1.165, 1.54) is 22.3 Å². The average molecular weight is 732 g/mol. The molecule has 0 aliphatic carbocycles. The summed E-state index contributed by atoms with van der Waals surface area (Å²) in [5.41, 5.74) is 18.0. The van der Waals surface area contributed by atoms with Gasteiger partial charge in [-0.05, 0) is 101 Å². The van der Waals surface area contributed by atoms with Crippen LogP contribution in [-0.2, 0) is 0 Å². The molecule has 2 aliphatic heterocycles. The zero-order chi connectivity index (χ0) is 37.9. The quantitative estimate of drug-likeness (QED) is 0.185. The van der Waals surface area contributed by atoms with E-state index in [-0.39, 0.29) is 6.17 Å². The fourth-order valence-electron chi connectivity index (χ4n) is 8.36. The van der Waals surface area contributed by atoms with E-state index in [9.17, 15) is 0 Å². The van der Waals surface area contributed by atoms with Crippen molar-refractivity contribution in [1.82, 2.24) is 9.55 Å². The van der Waals surface area contributed by atoms with Crippen molar-refractivity contribution in [3.05, 3.63) is 211 Å². The number of nitrogens with one attached hydrogen (secondary N) is 1. The minimum atomic E-state index is -0.0108. The molecule has 0 spiro atoms. The van der Waals surface area contributed by atoms with Gasteiger partial charge in [-0.2, -0.15) is 0 Å². The van der Waals surface area contributed by atoms with Gasteiger partial charge in [-0.25, -0.2) is 9.98 Å². The minimum absolute atomic E-state index is 0.0108. The van der Waals surface area contributed by atoms with E-state index in [0.29, 0.717) is 0 Å². The van der Waals surface area contributed by atoms with E-state index >= 15 is 0 Å². The SMILES string of the molecule is Cc1ccc(-c2cc(-c3ccc(C4=Nc5ccccc5C5Nc6ccccc6N45)cc3)cc(-c3ccc(-c4nc5ccccc5n4-c4ccccc4)cc3)c2)cc1. The van der Waals surface area contributed by atoms with Gasteiger partial charge in [0.05, 0.1) is 28.1 Å². The molecule has 3 heterocycles. The van der Waals surface area contributed by atoms with Gasteiger partial charge < -0.3 is 5.32 Å². The van der Waals surface area contributed by atoms with Crippen LogP contribution in [0.15, 0.2) is 199 Å². The van der Waals surface area contributed by atoms with Gasteiger partial charge in [0, 0.05) is 22.4 Å². The average Bonchev–Trinajstić information content (AvgIpc) is 3.87. The lowest BCUT2D eigenvalue weighted by atomic mass is 9.92. The van der Waals surface area contributed by atoms with Crippen molar-refractivity contribution in [2.75, 3.05) is 10.2 Å². The molecular formula is C52H37N5. The van der Waals surface area contributed by atoms with Crippen molar-refractivity contribution < 1.29 is 0 Å². The fraction of sp³-hybridized carbons (Fsp3) is 0.0385. The maximum absolute atomic E-state index is 5.23. The second kappa shape index (κ2) is 13.4. The highest BCUT2D eigenvalue weighted by molar-refractivity contribution is 6.15. The second-order valence-electron chi connectivity index (χ2n) is 14.8. The monoisotopic (exact) mass is 731 g/mol. The highest BCUT2D eigenvalue weighted by atomic mass is 15.4. The van der Waals surface area contributed by atoms with Crippen LogP contribution < -0.4 is 10.2 Å². The first-order valence-corrected chi connectivity index (χ1v) is 19.4. The predicted octanol–water partition coefficient (Wildman–Crippen LogP) is 13.0. The highest BCUT2D eigenvalue weighted by Crippen LogP contribution is 2.47. The molecule has 11 rings (SSSR count). The first-order valence-electron chi connectivity index (χ1n) is 19.4. The summed E-state index contributed by atoms with van der Waals surface area (Å²) in [6.07, 6.45) is -0.0108. The van der Waals surface area contributed by atoms with E-state index in [2.05, 4.69) is 210 Å². The number of nitrogens with zero attached hydrogens (tertiary/aromatic N) is 4. The number of aromatic nitrogens is 2. The summed E-state index contributed by atoms with van der Waals surface area (Å²) in [6.45, 7) is 2.13. The lowest BCUT2D eigenvalue weighted by Gasteiger charge is -2.33. The summed E-state index contributed by atoms with van der Waals surface area (Å²) in [5, 5.41) is 3.75. The summed E-state index contributed by atoms with van der Waals surface area (Å²) >= 11 is 0. The Kier molecular flexibility index (Phi) is 7.71. The fourth-order valence-corrected chi connectivity index (χ4v) is 8.36. The largest absolute Gasteiger partial charge is 0.359 e. The third-order valence-electron chi connectivity index (χ3n) is 11.2. The molecule has 0 fully saturated rings.